The fourth-order valence-electron chi connectivity index (χ4n) is 3.98. The van der Waals surface area contributed by atoms with Gasteiger partial charge < -0.3 is 10.1 Å². The van der Waals surface area contributed by atoms with Crippen LogP contribution >= 0.6 is 0 Å². The maximum Gasteiger partial charge on any atom is 0.241 e. The van der Waals surface area contributed by atoms with Crippen LogP contribution in [0.1, 0.15) is 50.3 Å². The van der Waals surface area contributed by atoms with Crippen LogP contribution in [-0.4, -0.2) is 32.7 Å². The average Bonchev–Trinajstić information content (AvgIpc) is 2.71. The first-order valence-corrected chi connectivity index (χ1v) is 12.1. The van der Waals surface area contributed by atoms with Crippen LogP contribution in [0.15, 0.2) is 48.5 Å². The van der Waals surface area contributed by atoms with Gasteiger partial charge in [0, 0.05) is 12.0 Å². The third-order valence-corrected chi connectivity index (χ3v) is 6.94. The smallest absolute Gasteiger partial charge is 0.241 e. The van der Waals surface area contributed by atoms with E-state index in [1.54, 1.807) is 18.2 Å². The molecule has 0 saturated carbocycles. The molecule has 6 nitrogen and oxygen atoms in total. The van der Waals surface area contributed by atoms with Gasteiger partial charge in [0.25, 0.3) is 0 Å². The van der Waals surface area contributed by atoms with E-state index in [0.29, 0.717) is 12.1 Å². The van der Waals surface area contributed by atoms with E-state index in [4.69, 9.17) is 4.74 Å². The van der Waals surface area contributed by atoms with Gasteiger partial charge in [0.2, 0.25) is 15.9 Å². The molecule has 2 aromatic carbocycles. The van der Waals surface area contributed by atoms with Crippen molar-refractivity contribution in [2.24, 2.45) is 0 Å². The lowest BCUT2D eigenvalue weighted by molar-refractivity contribution is -0.121. The normalized spacial score (nSPS) is 17.5. The number of ether oxygens (including phenoxy) is 1. The lowest BCUT2D eigenvalue weighted by Gasteiger charge is -2.41. The molecule has 2 aromatic rings. The van der Waals surface area contributed by atoms with E-state index < -0.39 is 10.0 Å². The molecule has 1 heterocycles. The number of sulfonamides is 1. The van der Waals surface area contributed by atoms with Gasteiger partial charge in [0.05, 0.1) is 18.0 Å². The highest BCUT2D eigenvalue weighted by Gasteiger charge is 2.39. The van der Waals surface area contributed by atoms with Crippen molar-refractivity contribution in [1.82, 2.24) is 5.32 Å². The summed E-state index contributed by atoms with van der Waals surface area (Å²) in [5.74, 6) is 0.432. The fourth-order valence-corrected chi connectivity index (χ4v) is 4.83. The van der Waals surface area contributed by atoms with Crippen molar-refractivity contribution < 1.29 is 17.9 Å². The third-order valence-electron chi connectivity index (χ3n) is 5.80. The quantitative estimate of drug-likeness (QED) is 0.721. The fraction of sp³-hybridized carbons (Fsp3) is 0.435. The minimum absolute atomic E-state index is 0.235. The van der Waals surface area contributed by atoms with Crippen molar-refractivity contribution in [2.45, 2.75) is 51.7 Å². The van der Waals surface area contributed by atoms with Gasteiger partial charge in [0.15, 0.2) is 0 Å². The molecule has 0 saturated heterocycles. The zero-order valence-electron chi connectivity index (χ0n) is 18.0. The summed E-state index contributed by atoms with van der Waals surface area (Å²) in [6.07, 6.45) is 3.41. The lowest BCUT2D eigenvalue weighted by atomic mass is 9.83. The van der Waals surface area contributed by atoms with Crippen LogP contribution in [0.2, 0.25) is 0 Å². The second-order valence-corrected chi connectivity index (χ2v) is 9.87. The van der Waals surface area contributed by atoms with Crippen LogP contribution in [0, 0.1) is 6.92 Å². The van der Waals surface area contributed by atoms with Crippen molar-refractivity contribution in [3.63, 3.8) is 0 Å². The minimum atomic E-state index is -3.62. The zero-order valence-corrected chi connectivity index (χ0v) is 18.8. The Kier molecular flexibility index (Phi) is 6.41. The summed E-state index contributed by atoms with van der Waals surface area (Å²) in [7, 11) is -3.62. The summed E-state index contributed by atoms with van der Waals surface area (Å²) in [6.45, 7) is 5.78. The predicted molar refractivity (Wildman–Crippen MR) is 119 cm³/mol. The molecule has 1 N–H and O–H groups in total. The first-order valence-electron chi connectivity index (χ1n) is 10.3. The van der Waals surface area contributed by atoms with Crippen molar-refractivity contribution in [2.75, 3.05) is 17.1 Å². The number of hydrogen-bond donors (Lipinski definition) is 1. The van der Waals surface area contributed by atoms with E-state index in [1.807, 2.05) is 37.3 Å². The Hall–Kier alpha value is -2.54. The molecule has 0 aromatic heterocycles. The number of rotatable bonds is 7. The molecule has 0 fully saturated rings. The Bertz CT molecular complexity index is 1020. The molecule has 0 aliphatic carbocycles. The van der Waals surface area contributed by atoms with Crippen molar-refractivity contribution >= 4 is 21.6 Å². The van der Waals surface area contributed by atoms with Crippen molar-refractivity contribution in [3.8, 4) is 5.75 Å². The molecule has 3 rings (SSSR count). The SMILES string of the molecule is CCC1(CC)CC(NC(=O)CN(c2cccc(C)c2)S(C)(=O)=O)c2ccccc2O1. The van der Waals surface area contributed by atoms with Crippen LogP contribution in [0.25, 0.3) is 0 Å². The van der Waals surface area contributed by atoms with Gasteiger partial charge in [-0.1, -0.05) is 44.2 Å². The predicted octanol–water partition coefficient (Wildman–Crippen LogP) is 3.96. The number of nitrogens with one attached hydrogen (secondary N) is 1. The molecule has 1 aliphatic rings. The summed E-state index contributed by atoms with van der Waals surface area (Å²) in [5.41, 5.74) is 1.98. The van der Waals surface area contributed by atoms with Crippen LogP contribution in [0.3, 0.4) is 0 Å². The first-order chi connectivity index (χ1) is 14.2. The summed E-state index contributed by atoms with van der Waals surface area (Å²) >= 11 is 0. The lowest BCUT2D eigenvalue weighted by Crippen LogP contribution is -2.47. The van der Waals surface area contributed by atoms with Gasteiger partial charge in [-0.15, -0.1) is 0 Å². The molecule has 1 amide bonds. The summed E-state index contributed by atoms with van der Waals surface area (Å²) in [5, 5.41) is 3.06. The highest BCUT2D eigenvalue weighted by Crippen LogP contribution is 2.42. The molecule has 0 spiro atoms. The average molecular weight is 431 g/mol. The molecular weight excluding hydrogens is 400 g/mol. The van der Waals surface area contributed by atoms with E-state index in [0.717, 1.165) is 40.3 Å². The van der Waals surface area contributed by atoms with Gasteiger partial charge >= 0.3 is 0 Å². The number of carbonyl (C=O) groups is 1. The Morgan fingerprint density at radius 1 is 1.17 bits per heavy atom. The Morgan fingerprint density at radius 2 is 1.87 bits per heavy atom. The number of aryl methyl sites for hydroxylation is 1. The Balaban J connectivity index is 1.85. The highest BCUT2D eigenvalue weighted by molar-refractivity contribution is 7.92. The summed E-state index contributed by atoms with van der Waals surface area (Å²) in [4.78, 5) is 13.0. The van der Waals surface area contributed by atoms with E-state index in [1.165, 1.54) is 0 Å². The molecule has 1 unspecified atom stereocenters. The van der Waals surface area contributed by atoms with E-state index in [-0.39, 0.29) is 24.1 Å². The Labute approximate surface area is 179 Å². The van der Waals surface area contributed by atoms with E-state index >= 15 is 0 Å². The van der Waals surface area contributed by atoms with Crippen LogP contribution in [-0.2, 0) is 14.8 Å². The first kappa shape index (κ1) is 22.2. The third kappa shape index (κ3) is 4.78. The molecule has 1 atom stereocenters. The molecule has 7 heteroatoms. The number of carbonyl (C=O) groups excluding carboxylic acids is 1. The Morgan fingerprint density at radius 3 is 2.50 bits per heavy atom. The number of nitrogens with zero attached hydrogens (tertiary/aromatic N) is 1. The zero-order chi connectivity index (χ0) is 21.9. The number of amides is 1. The number of benzene rings is 2. The number of para-hydroxylation sites is 1. The van der Waals surface area contributed by atoms with Crippen LogP contribution in [0.5, 0.6) is 5.75 Å². The largest absolute Gasteiger partial charge is 0.487 e. The minimum Gasteiger partial charge on any atom is -0.487 e. The van der Waals surface area contributed by atoms with Crippen molar-refractivity contribution in [3.05, 3.63) is 59.7 Å². The second kappa shape index (κ2) is 8.68. The molecule has 30 heavy (non-hydrogen) atoms. The van der Waals surface area contributed by atoms with Gasteiger partial charge in [-0.25, -0.2) is 8.42 Å². The topological polar surface area (TPSA) is 75.7 Å². The van der Waals surface area contributed by atoms with E-state index in [2.05, 4.69) is 19.2 Å². The van der Waals surface area contributed by atoms with Gasteiger partial charge in [-0.3, -0.25) is 9.10 Å². The summed E-state index contributed by atoms with van der Waals surface area (Å²) < 4.78 is 32.2. The number of hydrogen-bond acceptors (Lipinski definition) is 4. The highest BCUT2D eigenvalue weighted by atomic mass is 32.2. The summed E-state index contributed by atoms with van der Waals surface area (Å²) in [6, 6.07) is 14.6. The van der Waals surface area contributed by atoms with Gasteiger partial charge in [-0.05, 0) is 43.5 Å². The molecule has 1 aliphatic heterocycles. The number of anilines is 1. The monoisotopic (exact) mass is 430 g/mol. The maximum atomic E-state index is 13.0. The van der Waals surface area contributed by atoms with Gasteiger partial charge in [0.1, 0.15) is 17.9 Å². The molecular formula is C23H30N2O4S. The standard InChI is InChI=1S/C23H30N2O4S/c1-5-23(6-2)15-20(19-12-7-8-13-21(19)29-23)24-22(26)16-25(30(4,27)28)18-11-9-10-17(3)14-18/h7-14,20H,5-6,15-16H2,1-4H3,(H,24,26). The van der Waals surface area contributed by atoms with Crippen LogP contribution < -0.4 is 14.4 Å². The van der Waals surface area contributed by atoms with Crippen molar-refractivity contribution in [1.29, 1.82) is 0 Å². The molecule has 0 radical (unpaired) electrons. The molecule has 162 valence electrons. The number of fused-ring (bicyclic) bond motifs is 1. The van der Waals surface area contributed by atoms with Gasteiger partial charge in [-0.2, -0.15) is 0 Å². The van der Waals surface area contributed by atoms with E-state index in [9.17, 15) is 13.2 Å². The second-order valence-electron chi connectivity index (χ2n) is 7.96. The molecule has 0 bridgehead atoms. The maximum absolute atomic E-state index is 13.0. The van der Waals surface area contributed by atoms with Crippen LogP contribution in [0.4, 0.5) is 5.69 Å².